The van der Waals surface area contributed by atoms with Crippen molar-refractivity contribution in [2.45, 2.75) is 26.2 Å². The van der Waals surface area contributed by atoms with Crippen molar-refractivity contribution in [3.63, 3.8) is 0 Å². The van der Waals surface area contributed by atoms with Crippen molar-refractivity contribution < 1.29 is 19.4 Å². The van der Waals surface area contributed by atoms with E-state index in [0.29, 0.717) is 13.0 Å². The number of benzene rings is 2. The summed E-state index contributed by atoms with van der Waals surface area (Å²) in [5, 5.41) is 11.2. The molecule has 126 valence electrons. The Morgan fingerprint density at radius 3 is 2.12 bits per heavy atom. The number of carboxylic acid groups (broad SMARTS) is 1. The third-order valence-electron chi connectivity index (χ3n) is 3.48. The van der Waals surface area contributed by atoms with Crippen molar-refractivity contribution in [3.8, 4) is 11.5 Å². The molecule has 5 heteroatoms. The van der Waals surface area contributed by atoms with Crippen LogP contribution in [0.4, 0.5) is 0 Å². The van der Waals surface area contributed by atoms with Gasteiger partial charge in [-0.1, -0.05) is 29.8 Å². The normalized spacial score (nSPS) is 10.2. The Morgan fingerprint density at radius 1 is 0.958 bits per heavy atom. The molecule has 2 aromatic rings. The Hall–Kier alpha value is -2.82. The Balaban J connectivity index is 1.76. The molecule has 1 amide bonds. The lowest BCUT2D eigenvalue weighted by molar-refractivity contribution is -0.138. The van der Waals surface area contributed by atoms with E-state index in [0.717, 1.165) is 17.1 Å². The number of aliphatic carboxylic acids is 1. The largest absolute Gasteiger partial charge is 0.481 e. The average Bonchev–Trinajstić information content (AvgIpc) is 2.57. The van der Waals surface area contributed by atoms with Crippen molar-refractivity contribution in [2.24, 2.45) is 0 Å². The zero-order valence-corrected chi connectivity index (χ0v) is 13.6. The summed E-state index contributed by atoms with van der Waals surface area (Å²) < 4.78 is 5.76. The first-order valence-corrected chi connectivity index (χ1v) is 7.85. The number of amides is 1. The van der Waals surface area contributed by atoms with E-state index < -0.39 is 5.97 Å². The first-order valence-electron chi connectivity index (χ1n) is 7.85. The molecule has 0 aliphatic rings. The molecular formula is C19H21NO4. The number of aryl methyl sites for hydroxylation is 1. The van der Waals surface area contributed by atoms with Gasteiger partial charge >= 0.3 is 5.97 Å². The zero-order chi connectivity index (χ0) is 17.4. The number of hydrogen-bond donors (Lipinski definition) is 2. The second kappa shape index (κ2) is 8.72. The minimum atomic E-state index is -0.964. The summed E-state index contributed by atoms with van der Waals surface area (Å²) in [6.45, 7) is 2.51. The van der Waals surface area contributed by atoms with Crippen LogP contribution in [0.5, 0.6) is 11.5 Å². The van der Waals surface area contributed by atoms with Crippen LogP contribution in [0.15, 0.2) is 48.5 Å². The minimum absolute atomic E-state index is 0.0126. The van der Waals surface area contributed by atoms with Crippen LogP contribution >= 0.6 is 0 Å². The van der Waals surface area contributed by atoms with Crippen LogP contribution in [0.1, 0.15) is 24.0 Å². The van der Waals surface area contributed by atoms with Crippen LogP contribution in [-0.2, 0) is 16.0 Å². The van der Waals surface area contributed by atoms with Crippen molar-refractivity contribution in [1.82, 2.24) is 5.32 Å². The molecule has 5 nitrogen and oxygen atoms in total. The van der Waals surface area contributed by atoms with Crippen LogP contribution in [0, 0.1) is 6.92 Å². The van der Waals surface area contributed by atoms with Crippen molar-refractivity contribution in [3.05, 3.63) is 59.7 Å². The van der Waals surface area contributed by atoms with E-state index in [-0.39, 0.29) is 18.7 Å². The molecule has 0 aromatic heterocycles. The number of ether oxygens (including phenoxy) is 1. The molecule has 0 heterocycles. The van der Waals surface area contributed by atoms with Crippen LogP contribution < -0.4 is 10.1 Å². The minimum Gasteiger partial charge on any atom is -0.481 e. The molecule has 2 N–H and O–H groups in total. The van der Waals surface area contributed by atoms with Gasteiger partial charge in [-0.25, -0.2) is 0 Å². The average molecular weight is 327 g/mol. The SMILES string of the molecule is Cc1ccc(Oc2ccc(CCNC(=O)CCC(=O)O)cc2)cc1. The van der Waals surface area contributed by atoms with E-state index in [4.69, 9.17) is 9.84 Å². The maximum absolute atomic E-state index is 11.4. The molecule has 0 unspecified atom stereocenters. The molecule has 2 aromatic carbocycles. The molecule has 0 spiro atoms. The maximum atomic E-state index is 11.4. The number of carbonyl (C=O) groups excluding carboxylic acids is 1. The molecule has 0 radical (unpaired) electrons. The van der Waals surface area contributed by atoms with E-state index >= 15 is 0 Å². The fourth-order valence-corrected chi connectivity index (χ4v) is 2.12. The molecular weight excluding hydrogens is 306 g/mol. The monoisotopic (exact) mass is 327 g/mol. The van der Waals surface area contributed by atoms with Crippen molar-refractivity contribution >= 4 is 11.9 Å². The summed E-state index contributed by atoms with van der Waals surface area (Å²) in [6, 6.07) is 15.5. The summed E-state index contributed by atoms with van der Waals surface area (Å²) in [5.74, 6) is 0.346. The molecule has 0 bridgehead atoms. The summed E-state index contributed by atoms with van der Waals surface area (Å²) >= 11 is 0. The van der Waals surface area contributed by atoms with Gasteiger partial charge in [-0.05, 0) is 43.2 Å². The predicted octanol–water partition coefficient (Wildman–Crippen LogP) is 3.31. The topological polar surface area (TPSA) is 75.6 Å². The Kier molecular flexibility index (Phi) is 6.37. The van der Waals surface area contributed by atoms with Crippen molar-refractivity contribution in [2.75, 3.05) is 6.54 Å². The Bertz CT molecular complexity index is 678. The first kappa shape index (κ1) is 17.5. The van der Waals surface area contributed by atoms with Crippen molar-refractivity contribution in [1.29, 1.82) is 0 Å². The fraction of sp³-hybridized carbons (Fsp3) is 0.263. The lowest BCUT2D eigenvalue weighted by Gasteiger charge is -2.08. The summed E-state index contributed by atoms with van der Waals surface area (Å²) in [5.41, 5.74) is 2.26. The van der Waals surface area contributed by atoms with Crippen LogP contribution in [0.25, 0.3) is 0 Å². The van der Waals surface area contributed by atoms with E-state index in [1.807, 2.05) is 55.5 Å². The van der Waals surface area contributed by atoms with Gasteiger partial charge in [0.2, 0.25) is 5.91 Å². The van der Waals surface area contributed by atoms with Gasteiger partial charge in [0.1, 0.15) is 11.5 Å². The van der Waals surface area contributed by atoms with Gasteiger partial charge in [0.15, 0.2) is 0 Å². The second-order valence-electron chi connectivity index (χ2n) is 5.55. The van der Waals surface area contributed by atoms with Gasteiger partial charge in [-0.2, -0.15) is 0 Å². The highest BCUT2D eigenvalue weighted by Crippen LogP contribution is 2.22. The molecule has 0 aliphatic carbocycles. The van der Waals surface area contributed by atoms with Gasteiger partial charge in [-0.15, -0.1) is 0 Å². The molecule has 0 atom stereocenters. The highest BCUT2D eigenvalue weighted by atomic mass is 16.5. The number of hydrogen-bond acceptors (Lipinski definition) is 3. The number of nitrogens with one attached hydrogen (secondary N) is 1. The van der Waals surface area contributed by atoms with E-state index in [9.17, 15) is 9.59 Å². The molecule has 0 saturated heterocycles. The molecule has 0 aliphatic heterocycles. The quantitative estimate of drug-likeness (QED) is 0.780. The third-order valence-corrected chi connectivity index (χ3v) is 3.48. The summed E-state index contributed by atoms with van der Waals surface area (Å²) in [7, 11) is 0. The van der Waals surface area contributed by atoms with Crippen LogP contribution in [0.2, 0.25) is 0 Å². The van der Waals surface area contributed by atoms with Gasteiger partial charge in [0, 0.05) is 13.0 Å². The van der Waals surface area contributed by atoms with Gasteiger partial charge in [-0.3, -0.25) is 9.59 Å². The summed E-state index contributed by atoms with van der Waals surface area (Å²) in [6.07, 6.45) is 0.555. The predicted molar refractivity (Wildman–Crippen MR) is 91.3 cm³/mol. The first-order chi connectivity index (χ1) is 11.5. The molecule has 24 heavy (non-hydrogen) atoms. The second-order valence-corrected chi connectivity index (χ2v) is 5.55. The lowest BCUT2D eigenvalue weighted by Crippen LogP contribution is -2.25. The van der Waals surface area contributed by atoms with Crippen LogP contribution in [0.3, 0.4) is 0 Å². The Labute approximate surface area is 141 Å². The highest BCUT2D eigenvalue weighted by molar-refractivity contribution is 5.80. The standard InChI is InChI=1S/C19H21NO4/c1-14-2-6-16(7-3-14)24-17-8-4-15(5-9-17)12-13-20-18(21)10-11-19(22)23/h2-9H,10-13H2,1H3,(H,20,21)(H,22,23). The third kappa shape index (κ3) is 6.12. The van der Waals surface area contributed by atoms with Crippen LogP contribution in [-0.4, -0.2) is 23.5 Å². The highest BCUT2D eigenvalue weighted by Gasteiger charge is 2.04. The van der Waals surface area contributed by atoms with Gasteiger partial charge < -0.3 is 15.2 Å². The van der Waals surface area contributed by atoms with E-state index in [2.05, 4.69) is 5.32 Å². The molecule has 0 saturated carbocycles. The number of carbonyl (C=O) groups is 2. The fourth-order valence-electron chi connectivity index (χ4n) is 2.12. The lowest BCUT2D eigenvalue weighted by atomic mass is 10.1. The molecule has 0 fully saturated rings. The zero-order valence-electron chi connectivity index (χ0n) is 13.6. The Morgan fingerprint density at radius 2 is 1.54 bits per heavy atom. The summed E-state index contributed by atoms with van der Waals surface area (Å²) in [4.78, 5) is 21.8. The van der Waals surface area contributed by atoms with E-state index in [1.165, 1.54) is 5.56 Å². The number of rotatable bonds is 8. The smallest absolute Gasteiger partial charge is 0.303 e. The van der Waals surface area contributed by atoms with E-state index in [1.54, 1.807) is 0 Å². The number of carboxylic acids is 1. The van der Waals surface area contributed by atoms with Gasteiger partial charge in [0.05, 0.1) is 6.42 Å². The molecule has 2 rings (SSSR count). The maximum Gasteiger partial charge on any atom is 0.303 e. The van der Waals surface area contributed by atoms with Gasteiger partial charge in [0.25, 0.3) is 0 Å².